The third-order valence-electron chi connectivity index (χ3n) is 4.02. The first-order valence-electron chi connectivity index (χ1n) is 8.53. The zero-order valence-corrected chi connectivity index (χ0v) is 15.1. The maximum Gasteiger partial charge on any atom is 0.291 e. The molecule has 0 aliphatic heterocycles. The third kappa shape index (κ3) is 4.58. The predicted molar refractivity (Wildman–Crippen MR) is 103 cm³/mol. The highest BCUT2D eigenvalue weighted by atomic mass is 16.3. The SMILES string of the molecule is CC(=O)Cc1cccc(NC(=O)c2ccc(-c3cccc(C(C)=O)c3)o2)c1. The number of nitrogens with one attached hydrogen (secondary N) is 1. The van der Waals surface area contributed by atoms with Gasteiger partial charge in [-0.15, -0.1) is 0 Å². The molecule has 0 fully saturated rings. The number of Topliss-reactive ketones (excluding diaryl/α,β-unsaturated/α-hetero) is 2. The maximum absolute atomic E-state index is 12.4. The van der Waals surface area contributed by atoms with E-state index in [0.29, 0.717) is 23.4 Å². The van der Waals surface area contributed by atoms with Crippen molar-refractivity contribution in [3.63, 3.8) is 0 Å². The second kappa shape index (κ2) is 7.83. The molecule has 0 bridgehead atoms. The molecule has 5 heteroatoms. The van der Waals surface area contributed by atoms with Gasteiger partial charge in [0.05, 0.1) is 0 Å². The Kier molecular flexibility index (Phi) is 5.31. The highest BCUT2D eigenvalue weighted by Gasteiger charge is 2.13. The minimum absolute atomic E-state index is 0.0354. The summed E-state index contributed by atoms with van der Waals surface area (Å²) in [5.41, 5.74) is 2.74. The zero-order chi connectivity index (χ0) is 19.4. The number of benzene rings is 2. The lowest BCUT2D eigenvalue weighted by molar-refractivity contribution is -0.116. The van der Waals surface area contributed by atoms with Gasteiger partial charge < -0.3 is 9.73 Å². The number of carbonyl (C=O) groups is 3. The van der Waals surface area contributed by atoms with Crippen LogP contribution in [-0.2, 0) is 11.2 Å². The van der Waals surface area contributed by atoms with Crippen LogP contribution < -0.4 is 5.32 Å². The first-order valence-corrected chi connectivity index (χ1v) is 8.53. The Morgan fingerprint density at radius 2 is 1.70 bits per heavy atom. The average molecular weight is 361 g/mol. The van der Waals surface area contributed by atoms with Gasteiger partial charge in [-0.05, 0) is 49.7 Å². The summed E-state index contributed by atoms with van der Waals surface area (Å²) in [6.45, 7) is 3.02. The number of ketones is 2. The molecule has 27 heavy (non-hydrogen) atoms. The molecule has 0 aliphatic carbocycles. The van der Waals surface area contributed by atoms with Crippen LogP contribution in [0, 0.1) is 0 Å². The zero-order valence-electron chi connectivity index (χ0n) is 15.1. The molecule has 5 nitrogen and oxygen atoms in total. The van der Waals surface area contributed by atoms with E-state index in [0.717, 1.165) is 11.1 Å². The van der Waals surface area contributed by atoms with Crippen LogP contribution in [0.5, 0.6) is 0 Å². The Morgan fingerprint density at radius 1 is 0.926 bits per heavy atom. The number of hydrogen-bond donors (Lipinski definition) is 1. The summed E-state index contributed by atoms with van der Waals surface area (Å²) in [6, 6.07) is 17.5. The predicted octanol–water partition coefficient (Wildman–Crippen LogP) is 4.53. The van der Waals surface area contributed by atoms with Gasteiger partial charge in [0.25, 0.3) is 5.91 Å². The third-order valence-corrected chi connectivity index (χ3v) is 4.02. The normalized spacial score (nSPS) is 10.4. The lowest BCUT2D eigenvalue weighted by atomic mass is 10.1. The molecule has 0 spiro atoms. The van der Waals surface area contributed by atoms with Crippen molar-refractivity contribution in [2.75, 3.05) is 5.32 Å². The molecule has 0 radical (unpaired) electrons. The maximum atomic E-state index is 12.4. The lowest BCUT2D eigenvalue weighted by Gasteiger charge is -2.05. The van der Waals surface area contributed by atoms with Crippen molar-refractivity contribution in [1.82, 2.24) is 0 Å². The van der Waals surface area contributed by atoms with Gasteiger partial charge >= 0.3 is 0 Å². The smallest absolute Gasteiger partial charge is 0.291 e. The van der Waals surface area contributed by atoms with E-state index in [2.05, 4.69) is 5.32 Å². The topological polar surface area (TPSA) is 76.4 Å². The molecule has 1 aromatic heterocycles. The molecule has 2 aromatic carbocycles. The summed E-state index contributed by atoms with van der Waals surface area (Å²) in [5.74, 6) is 0.307. The largest absolute Gasteiger partial charge is 0.451 e. The first-order chi connectivity index (χ1) is 12.9. The minimum atomic E-state index is -0.385. The highest BCUT2D eigenvalue weighted by molar-refractivity contribution is 6.02. The fourth-order valence-electron chi connectivity index (χ4n) is 2.75. The number of amides is 1. The summed E-state index contributed by atoms with van der Waals surface area (Å²) >= 11 is 0. The Labute approximate surface area is 157 Å². The van der Waals surface area contributed by atoms with Crippen LogP contribution in [-0.4, -0.2) is 17.5 Å². The molecule has 3 rings (SSSR count). The molecule has 0 saturated carbocycles. The van der Waals surface area contributed by atoms with Crippen LogP contribution in [0.25, 0.3) is 11.3 Å². The fraction of sp³-hybridized carbons (Fsp3) is 0.136. The molecule has 3 aromatic rings. The first kappa shape index (κ1) is 18.3. The van der Waals surface area contributed by atoms with Crippen molar-refractivity contribution < 1.29 is 18.8 Å². The molecule has 1 N–H and O–H groups in total. The molecule has 0 unspecified atom stereocenters. The number of anilines is 1. The van der Waals surface area contributed by atoms with Gasteiger partial charge in [-0.1, -0.05) is 30.3 Å². The Balaban J connectivity index is 1.76. The van der Waals surface area contributed by atoms with E-state index in [4.69, 9.17) is 4.42 Å². The molecule has 0 atom stereocenters. The van der Waals surface area contributed by atoms with E-state index >= 15 is 0 Å². The van der Waals surface area contributed by atoms with E-state index in [-0.39, 0.29) is 23.2 Å². The van der Waals surface area contributed by atoms with Crippen molar-refractivity contribution in [3.05, 3.63) is 77.6 Å². The number of furan rings is 1. The second-order valence-corrected chi connectivity index (χ2v) is 6.33. The van der Waals surface area contributed by atoms with Crippen LogP contribution in [0.4, 0.5) is 5.69 Å². The average Bonchev–Trinajstić information content (AvgIpc) is 3.12. The monoisotopic (exact) mass is 361 g/mol. The number of carbonyl (C=O) groups excluding carboxylic acids is 3. The van der Waals surface area contributed by atoms with Gasteiger partial charge in [0.15, 0.2) is 11.5 Å². The van der Waals surface area contributed by atoms with Gasteiger partial charge in [-0.25, -0.2) is 0 Å². The molecule has 1 heterocycles. The Hall–Kier alpha value is -3.47. The van der Waals surface area contributed by atoms with Crippen molar-refractivity contribution in [2.24, 2.45) is 0 Å². The van der Waals surface area contributed by atoms with Gasteiger partial charge in [0, 0.05) is 23.2 Å². The quantitative estimate of drug-likeness (QED) is 0.654. The lowest BCUT2D eigenvalue weighted by Crippen LogP contribution is -2.11. The highest BCUT2D eigenvalue weighted by Crippen LogP contribution is 2.24. The summed E-state index contributed by atoms with van der Waals surface area (Å²) in [6.07, 6.45) is 0.321. The molecule has 1 amide bonds. The summed E-state index contributed by atoms with van der Waals surface area (Å²) in [5, 5.41) is 2.77. The van der Waals surface area contributed by atoms with Gasteiger partial charge in [-0.2, -0.15) is 0 Å². The summed E-state index contributed by atoms with van der Waals surface area (Å²) in [4.78, 5) is 35.2. The van der Waals surface area contributed by atoms with Gasteiger partial charge in [-0.3, -0.25) is 14.4 Å². The Bertz CT molecular complexity index is 1020. The van der Waals surface area contributed by atoms with Gasteiger partial charge in [0.1, 0.15) is 11.5 Å². The number of rotatable bonds is 6. The second-order valence-electron chi connectivity index (χ2n) is 6.33. The van der Waals surface area contributed by atoms with Crippen LogP contribution in [0.3, 0.4) is 0 Å². The summed E-state index contributed by atoms with van der Waals surface area (Å²) in [7, 11) is 0. The van der Waals surface area contributed by atoms with Crippen molar-refractivity contribution in [1.29, 1.82) is 0 Å². The molecule has 0 aliphatic rings. The van der Waals surface area contributed by atoms with E-state index in [1.165, 1.54) is 13.8 Å². The van der Waals surface area contributed by atoms with Gasteiger partial charge in [0.2, 0.25) is 0 Å². The fourth-order valence-corrected chi connectivity index (χ4v) is 2.75. The van der Waals surface area contributed by atoms with Crippen LogP contribution >= 0.6 is 0 Å². The standard InChI is InChI=1S/C22H19NO4/c1-14(24)11-16-5-3-8-19(12-16)23-22(26)21-10-9-20(27-21)18-7-4-6-17(13-18)15(2)25/h3-10,12-13H,11H2,1-2H3,(H,23,26). The minimum Gasteiger partial charge on any atom is -0.451 e. The van der Waals surface area contributed by atoms with Crippen molar-refractivity contribution in [2.45, 2.75) is 20.3 Å². The van der Waals surface area contributed by atoms with Crippen molar-refractivity contribution >= 4 is 23.2 Å². The molecular weight excluding hydrogens is 342 g/mol. The van der Waals surface area contributed by atoms with Crippen LogP contribution in [0.15, 0.2) is 65.1 Å². The molecule has 136 valence electrons. The van der Waals surface area contributed by atoms with Crippen LogP contribution in [0.1, 0.15) is 40.3 Å². The molecule has 0 saturated heterocycles. The van der Waals surface area contributed by atoms with E-state index in [1.54, 1.807) is 48.5 Å². The van der Waals surface area contributed by atoms with E-state index < -0.39 is 0 Å². The van der Waals surface area contributed by atoms with E-state index in [1.807, 2.05) is 12.1 Å². The van der Waals surface area contributed by atoms with Crippen LogP contribution in [0.2, 0.25) is 0 Å². The van der Waals surface area contributed by atoms with E-state index in [9.17, 15) is 14.4 Å². The molecular formula is C22H19NO4. The van der Waals surface area contributed by atoms with Crippen molar-refractivity contribution in [3.8, 4) is 11.3 Å². The number of hydrogen-bond acceptors (Lipinski definition) is 4. The Morgan fingerprint density at radius 3 is 2.44 bits per heavy atom. The summed E-state index contributed by atoms with van der Waals surface area (Å²) < 4.78 is 5.66.